The first-order chi connectivity index (χ1) is 4.74. The fourth-order valence-electron chi connectivity index (χ4n) is 0.490. The first-order valence-corrected chi connectivity index (χ1v) is 3.59. The van der Waals surface area contributed by atoms with Gasteiger partial charge >= 0.3 is 0 Å². The van der Waals surface area contributed by atoms with Crippen LogP contribution in [0, 0.1) is 6.57 Å². The van der Waals surface area contributed by atoms with Gasteiger partial charge in [-0.2, -0.15) is 0 Å². The molecule has 0 amide bonds. The van der Waals surface area contributed by atoms with E-state index >= 15 is 0 Å². The first kappa shape index (κ1) is 7.52. The number of nitrogens with zero attached hydrogens (tertiary/aromatic N) is 2. The van der Waals surface area contributed by atoms with Crippen molar-refractivity contribution >= 4 is 33.3 Å². The topological polar surface area (TPSA) is 17.2 Å². The summed E-state index contributed by atoms with van der Waals surface area (Å²) in [4.78, 5) is 6.91. The second-order valence-corrected chi connectivity index (χ2v) is 2.86. The summed E-state index contributed by atoms with van der Waals surface area (Å²) in [6, 6.07) is 1.64. The molecular formula is C6H2BrClN2. The first-order valence-electron chi connectivity index (χ1n) is 2.42. The zero-order valence-corrected chi connectivity index (χ0v) is 7.15. The van der Waals surface area contributed by atoms with Crippen LogP contribution in [-0.4, -0.2) is 4.98 Å². The number of halogens is 2. The maximum Gasteiger partial charge on any atom is 0.283 e. The number of aromatic nitrogens is 1. The van der Waals surface area contributed by atoms with Gasteiger partial charge in [-0.15, -0.1) is 4.98 Å². The van der Waals surface area contributed by atoms with Gasteiger partial charge in [0, 0.05) is 4.47 Å². The van der Waals surface area contributed by atoms with Crippen molar-refractivity contribution in [3.63, 3.8) is 0 Å². The van der Waals surface area contributed by atoms with Crippen molar-refractivity contribution in [3.8, 4) is 0 Å². The molecule has 0 unspecified atom stereocenters. The van der Waals surface area contributed by atoms with E-state index in [1.807, 2.05) is 0 Å². The molecule has 1 rings (SSSR count). The summed E-state index contributed by atoms with van der Waals surface area (Å²) >= 11 is 8.73. The molecule has 0 saturated carbocycles. The van der Waals surface area contributed by atoms with Crippen LogP contribution in [-0.2, 0) is 0 Å². The maximum absolute atomic E-state index is 6.64. The van der Waals surface area contributed by atoms with E-state index in [0.717, 1.165) is 0 Å². The Hall–Kier alpha value is -0.590. The average Bonchev–Trinajstić information content (AvgIpc) is 1.88. The highest BCUT2D eigenvalue weighted by Gasteiger charge is 2.00. The maximum atomic E-state index is 6.64. The summed E-state index contributed by atoms with van der Waals surface area (Å²) in [5, 5.41) is 0.527. The van der Waals surface area contributed by atoms with Crippen molar-refractivity contribution in [3.05, 3.63) is 33.2 Å². The SMILES string of the molecule is [C-]#[N+]c1ncc(Cl)cc1Br. The molecule has 50 valence electrons. The molecule has 0 aromatic carbocycles. The molecule has 2 nitrogen and oxygen atoms in total. The number of pyridine rings is 1. The third-order valence-corrected chi connectivity index (χ3v) is 1.68. The summed E-state index contributed by atoms with van der Waals surface area (Å²) in [5.74, 6) is 0.337. The summed E-state index contributed by atoms with van der Waals surface area (Å²) in [6.07, 6.45) is 1.44. The quantitative estimate of drug-likeness (QED) is 0.611. The molecule has 0 spiro atoms. The summed E-state index contributed by atoms with van der Waals surface area (Å²) in [5.41, 5.74) is 0. The van der Waals surface area contributed by atoms with E-state index in [0.29, 0.717) is 15.3 Å². The zero-order valence-electron chi connectivity index (χ0n) is 4.81. The molecule has 0 bridgehead atoms. The fourth-order valence-corrected chi connectivity index (χ4v) is 1.22. The molecule has 0 aliphatic rings. The second kappa shape index (κ2) is 3.00. The van der Waals surface area contributed by atoms with Gasteiger partial charge in [0.15, 0.2) is 0 Å². The van der Waals surface area contributed by atoms with Crippen LogP contribution in [0.5, 0.6) is 0 Å². The van der Waals surface area contributed by atoms with Crippen LogP contribution in [0.15, 0.2) is 16.7 Å². The lowest BCUT2D eigenvalue weighted by Gasteiger charge is -1.91. The Labute approximate surface area is 71.8 Å². The molecule has 1 heterocycles. The van der Waals surface area contributed by atoms with Gasteiger partial charge in [0.05, 0.1) is 5.02 Å². The second-order valence-electron chi connectivity index (χ2n) is 1.57. The van der Waals surface area contributed by atoms with E-state index in [2.05, 4.69) is 25.8 Å². The van der Waals surface area contributed by atoms with Crippen molar-refractivity contribution in [2.45, 2.75) is 0 Å². The van der Waals surface area contributed by atoms with Gasteiger partial charge in [0.2, 0.25) is 0 Å². The summed E-state index contributed by atoms with van der Waals surface area (Å²) in [7, 11) is 0. The smallest absolute Gasteiger partial charge is 0.283 e. The largest absolute Gasteiger partial charge is 0.360 e. The Morgan fingerprint density at radius 3 is 2.90 bits per heavy atom. The lowest BCUT2D eigenvalue weighted by molar-refractivity contribution is 1.34. The van der Waals surface area contributed by atoms with Gasteiger partial charge in [0.25, 0.3) is 5.82 Å². The predicted octanol–water partition coefficient (Wildman–Crippen LogP) is 3.05. The molecule has 10 heavy (non-hydrogen) atoms. The Balaban J connectivity index is 3.23. The Morgan fingerprint density at radius 1 is 1.70 bits per heavy atom. The minimum Gasteiger partial charge on any atom is -0.360 e. The third kappa shape index (κ3) is 1.47. The molecule has 0 atom stereocenters. The number of hydrogen-bond acceptors (Lipinski definition) is 1. The predicted molar refractivity (Wildman–Crippen MR) is 43.2 cm³/mol. The van der Waals surface area contributed by atoms with Crippen LogP contribution in [0.4, 0.5) is 5.82 Å². The normalized spacial score (nSPS) is 8.90. The van der Waals surface area contributed by atoms with E-state index in [1.54, 1.807) is 6.07 Å². The van der Waals surface area contributed by atoms with Crippen LogP contribution in [0.3, 0.4) is 0 Å². The van der Waals surface area contributed by atoms with Gasteiger partial charge in [-0.1, -0.05) is 34.1 Å². The van der Waals surface area contributed by atoms with Crippen molar-refractivity contribution in [1.82, 2.24) is 4.98 Å². The minimum absolute atomic E-state index is 0.337. The summed E-state index contributed by atoms with van der Waals surface area (Å²) in [6.45, 7) is 6.64. The zero-order chi connectivity index (χ0) is 7.56. The van der Waals surface area contributed by atoms with E-state index < -0.39 is 0 Å². The summed E-state index contributed by atoms with van der Waals surface area (Å²) < 4.78 is 0.634. The molecule has 0 fully saturated rings. The van der Waals surface area contributed by atoms with E-state index in [9.17, 15) is 0 Å². The highest BCUT2D eigenvalue weighted by Crippen LogP contribution is 2.24. The van der Waals surface area contributed by atoms with E-state index in [1.165, 1.54) is 6.20 Å². The van der Waals surface area contributed by atoms with Crippen molar-refractivity contribution in [2.75, 3.05) is 0 Å². The Morgan fingerprint density at radius 2 is 2.40 bits per heavy atom. The molecule has 0 aliphatic carbocycles. The van der Waals surface area contributed by atoms with Gasteiger partial charge in [0.1, 0.15) is 6.20 Å². The highest BCUT2D eigenvalue weighted by molar-refractivity contribution is 9.10. The molecular weight excluding hydrogens is 215 g/mol. The van der Waals surface area contributed by atoms with Gasteiger partial charge in [-0.25, -0.2) is 0 Å². The minimum atomic E-state index is 0.337. The molecule has 0 aliphatic heterocycles. The average molecular weight is 217 g/mol. The van der Waals surface area contributed by atoms with E-state index in [-0.39, 0.29) is 0 Å². The number of rotatable bonds is 0. The van der Waals surface area contributed by atoms with Crippen molar-refractivity contribution in [2.24, 2.45) is 0 Å². The van der Waals surface area contributed by atoms with Crippen LogP contribution in [0.25, 0.3) is 4.85 Å². The van der Waals surface area contributed by atoms with E-state index in [4.69, 9.17) is 18.2 Å². The molecule has 0 radical (unpaired) electrons. The lowest BCUT2D eigenvalue weighted by Crippen LogP contribution is -1.72. The number of hydrogen-bond donors (Lipinski definition) is 0. The standard InChI is InChI=1S/C6H2BrClN2/c1-9-6-5(7)2-4(8)3-10-6/h2-3H. The fraction of sp³-hybridized carbons (Fsp3) is 0. The van der Waals surface area contributed by atoms with Crippen LogP contribution < -0.4 is 0 Å². The van der Waals surface area contributed by atoms with Gasteiger partial charge < -0.3 is 4.85 Å². The van der Waals surface area contributed by atoms with Crippen molar-refractivity contribution in [1.29, 1.82) is 0 Å². The third-order valence-electron chi connectivity index (χ3n) is 0.894. The molecule has 0 N–H and O–H groups in total. The lowest BCUT2D eigenvalue weighted by atomic mass is 10.5. The van der Waals surface area contributed by atoms with Crippen LogP contribution >= 0.6 is 27.5 Å². The monoisotopic (exact) mass is 216 g/mol. The van der Waals surface area contributed by atoms with Gasteiger partial charge in [-0.05, 0) is 6.07 Å². The van der Waals surface area contributed by atoms with Gasteiger partial charge in [-0.3, -0.25) is 0 Å². The highest BCUT2D eigenvalue weighted by atomic mass is 79.9. The molecule has 4 heteroatoms. The Bertz CT molecular complexity index is 292. The molecule has 1 aromatic heterocycles. The molecule has 0 saturated heterocycles. The van der Waals surface area contributed by atoms with Crippen LogP contribution in [0.1, 0.15) is 0 Å². The van der Waals surface area contributed by atoms with Crippen LogP contribution in [0.2, 0.25) is 5.02 Å². The van der Waals surface area contributed by atoms with Crippen molar-refractivity contribution < 1.29 is 0 Å². The Kier molecular flexibility index (Phi) is 2.25. The molecule has 1 aromatic rings.